The fraction of sp³-hybridized carbons (Fsp3) is 0.0769. The van der Waals surface area contributed by atoms with Crippen LogP contribution < -0.4 is 5.73 Å². The molecule has 2 N–H and O–H groups in total. The summed E-state index contributed by atoms with van der Waals surface area (Å²) < 4.78 is 53.1. The lowest BCUT2D eigenvalue weighted by Gasteiger charge is -2.09. The van der Waals surface area contributed by atoms with Gasteiger partial charge in [0.15, 0.2) is 11.6 Å². The van der Waals surface area contributed by atoms with Gasteiger partial charge in [-0.1, -0.05) is 0 Å². The smallest absolute Gasteiger partial charge is 0.161 e. The normalized spacial score (nSPS) is 10.7. The highest BCUT2D eigenvalue weighted by atomic mass is 19.2. The molecule has 0 spiro atoms. The molecule has 0 amide bonds. The molecule has 0 aliphatic rings. The molecule has 0 heterocycles. The fourth-order valence-electron chi connectivity index (χ4n) is 1.62. The topological polar surface area (TPSA) is 26.0 Å². The lowest BCUT2D eigenvalue weighted by atomic mass is 10.0. The van der Waals surface area contributed by atoms with Crippen molar-refractivity contribution in [1.82, 2.24) is 0 Å². The quantitative estimate of drug-likeness (QED) is 0.468. The van der Waals surface area contributed by atoms with Crippen LogP contribution in [0.15, 0.2) is 24.3 Å². The van der Waals surface area contributed by atoms with Crippen molar-refractivity contribution in [3.05, 3.63) is 53.1 Å². The van der Waals surface area contributed by atoms with Crippen LogP contribution in [0, 0.1) is 30.2 Å². The van der Waals surface area contributed by atoms with Crippen LogP contribution in [0.1, 0.15) is 5.56 Å². The second-order valence-corrected chi connectivity index (χ2v) is 3.93. The third kappa shape index (κ3) is 2.03. The molecule has 0 fully saturated rings. The summed E-state index contributed by atoms with van der Waals surface area (Å²) in [4.78, 5) is 0. The van der Waals surface area contributed by atoms with Crippen molar-refractivity contribution in [2.24, 2.45) is 0 Å². The Kier molecular flexibility index (Phi) is 2.98. The molecule has 2 aromatic carbocycles. The third-order valence-electron chi connectivity index (χ3n) is 2.66. The van der Waals surface area contributed by atoms with Crippen LogP contribution in [-0.4, -0.2) is 0 Å². The van der Waals surface area contributed by atoms with E-state index in [9.17, 15) is 17.6 Å². The summed E-state index contributed by atoms with van der Waals surface area (Å²) in [5.41, 5.74) is 5.76. The second kappa shape index (κ2) is 4.33. The summed E-state index contributed by atoms with van der Waals surface area (Å²) in [7, 11) is 0. The zero-order chi connectivity index (χ0) is 13.4. The Balaban J connectivity index is 2.69. The van der Waals surface area contributed by atoms with E-state index in [1.807, 2.05) is 0 Å². The van der Waals surface area contributed by atoms with Gasteiger partial charge in [-0.3, -0.25) is 0 Å². The zero-order valence-electron chi connectivity index (χ0n) is 9.40. The number of nitrogens with two attached hydrogens (primary N) is 1. The van der Waals surface area contributed by atoms with Gasteiger partial charge in [0.05, 0.1) is 0 Å². The summed E-state index contributed by atoms with van der Waals surface area (Å²) in [5.74, 6) is -4.36. The molecule has 0 atom stereocenters. The minimum Gasteiger partial charge on any atom is -0.398 e. The molecule has 2 rings (SSSR count). The predicted octanol–water partition coefficient (Wildman–Crippen LogP) is 3.80. The number of halogens is 4. The van der Waals surface area contributed by atoms with E-state index >= 15 is 0 Å². The average molecular weight is 255 g/mol. The summed E-state index contributed by atoms with van der Waals surface area (Å²) in [6.07, 6.45) is 0. The maximum Gasteiger partial charge on any atom is 0.161 e. The van der Waals surface area contributed by atoms with E-state index < -0.39 is 23.3 Å². The Morgan fingerprint density at radius 1 is 0.722 bits per heavy atom. The lowest BCUT2D eigenvalue weighted by Crippen LogP contribution is -1.97. The number of hydrogen-bond donors (Lipinski definition) is 1. The van der Waals surface area contributed by atoms with Gasteiger partial charge in [-0.25, -0.2) is 17.6 Å². The van der Waals surface area contributed by atoms with Crippen LogP contribution in [0.3, 0.4) is 0 Å². The van der Waals surface area contributed by atoms with Gasteiger partial charge in [0, 0.05) is 22.9 Å². The number of hydrogen-bond acceptors (Lipinski definition) is 1. The molecule has 0 saturated carbocycles. The third-order valence-corrected chi connectivity index (χ3v) is 2.66. The van der Waals surface area contributed by atoms with Crippen molar-refractivity contribution >= 4 is 5.69 Å². The first-order valence-electron chi connectivity index (χ1n) is 5.10. The van der Waals surface area contributed by atoms with Crippen molar-refractivity contribution < 1.29 is 17.6 Å². The number of aryl methyl sites for hydroxylation is 1. The van der Waals surface area contributed by atoms with Crippen LogP contribution in [0.2, 0.25) is 0 Å². The largest absolute Gasteiger partial charge is 0.398 e. The molecular formula is C13H9F4N. The highest BCUT2D eigenvalue weighted by Crippen LogP contribution is 2.30. The summed E-state index contributed by atoms with van der Waals surface area (Å²) in [6.45, 7) is 1.59. The van der Waals surface area contributed by atoms with Crippen molar-refractivity contribution in [3.8, 4) is 11.1 Å². The molecular weight excluding hydrogens is 246 g/mol. The van der Waals surface area contributed by atoms with Crippen LogP contribution >= 0.6 is 0 Å². The Hall–Kier alpha value is -2.04. The number of anilines is 1. The van der Waals surface area contributed by atoms with E-state index in [0.717, 1.165) is 6.07 Å². The summed E-state index contributed by atoms with van der Waals surface area (Å²) in [6, 6.07) is 3.30. The van der Waals surface area contributed by atoms with Gasteiger partial charge in [0.25, 0.3) is 0 Å². The fourth-order valence-corrected chi connectivity index (χ4v) is 1.62. The van der Waals surface area contributed by atoms with E-state index in [-0.39, 0.29) is 16.8 Å². The molecule has 5 heteroatoms. The monoisotopic (exact) mass is 255 g/mol. The first-order valence-corrected chi connectivity index (χ1v) is 5.10. The van der Waals surface area contributed by atoms with E-state index in [2.05, 4.69) is 0 Å². The molecule has 0 aromatic heterocycles. The highest BCUT2D eigenvalue weighted by Gasteiger charge is 2.15. The van der Waals surface area contributed by atoms with E-state index in [4.69, 9.17) is 5.73 Å². The van der Waals surface area contributed by atoms with E-state index in [0.29, 0.717) is 17.7 Å². The lowest BCUT2D eigenvalue weighted by molar-refractivity contribution is 0.495. The van der Waals surface area contributed by atoms with Crippen LogP contribution in [0.4, 0.5) is 23.2 Å². The van der Waals surface area contributed by atoms with Gasteiger partial charge >= 0.3 is 0 Å². The molecule has 0 aliphatic carbocycles. The predicted molar refractivity (Wildman–Crippen MR) is 60.9 cm³/mol. The van der Waals surface area contributed by atoms with Crippen LogP contribution in [0.25, 0.3) is 11.1 Å². The molecule has 1 nitrogen and oxygen atoms in total. The van der Waals surface area contributed by atoms with Crippen LogP contribution in [-0.2, 0) is 0 Å². The first kappa shape index (κ1) is 12.4. The molecule has 0 bridgehead atoms. The second-order valence-electron chi connectivity index (χ2n) is 3.93. The Morgan fingerprint density at radius 3 is 1.89 bits per heavy atom. The standard InChI is InChI=1S/C13H9F4N/c1-6-2-9(14)8(4-13(6)18)7-3-11(16)12(17)5-10(7)15/h2-5H,18H2,1H3. The summed E-state index contributed by atoms with van der Waals surface area (Å²) in [5, 5.41) is 0. The number of benzene rings is 2. The van der Waals surface area contributed by atoms with Gasteiger partial charge in [0.1, 0.15) is 11.6 Å². The number of rotatable bonds is 1. The average Bonchev–Trinajstić information content (AvgIpc) is 2.29. The van der Waals surface area contributed by atoms with Gasteiger partial charge in [-0.2, -0.15) is 0 Å². The van der Waals surface area contributed by atoms with Crippen molar-refractivity contribution in [3.63, 3.8) is 0 Å². The minimum absolute atomic E-state index is 0.200. The van der Waals surface area contributed by atoms with Crippen LogP contribution in [0.5, 0.6) is 0 Å². The number of nitrogen functional groups attached to an aromatic ring is 1. The molecule has 0 aliphatic heterocycles. The van der Waals surface area contributed by atoms with Gasteiger partial charge in [-0.15, -0.1) is 0 Å². The Morgan fingerprint density at radius 2 is 1.22 bits per heavy atom. The van der Waals surface area contributed by atoms with Gasteiger partial charge in [-0.05, 0) is 30.7 Å². The van der Waals surface area contributed by atoms with E-state index in [1.54, 1.807) is 6.92 Å². The SMILES string of the molecule is Cc1cc(F)c(-c2cc(F)c(F)cc2F)cc1N. The van der Waals surface area contributed by atoms with Gasteiger partial charge in [0.2, 0.25) is 0 Å². The molecule has 0 unspecified atom stereocenters. The Bertz CT molecular complexity index is 567. The molecule has 94 valence electrons. The highest BCUT2D eigenvalue weighted by molar-refractivity contribution is 5.70. The van der Waals surface area contributed by atoms with Crippen molar-refractivity contribution in [1.29, 1.82) is 0 Å². The molecule has 0 radical (unpaired) electrons. The van der Waals surface area contributed by atoms with Gasteiger partial charge < -0.3 is 5.73 Å². The van der Waals surface area contributed by atoms with Crippen molar-refractivity contribution in [2.45, 2.75) is 6.92 Å². The minimum atomic E-state index is -1.32. The molecule has 18 heavy (non-hydrogen) atoms. The Labute approximate surface area is 101 Å². The molecule has 0 saturated heterocycles. The van der Waals surface area contributed by atoms with Crippen molar-refractivity contribution in [2.75, 3.05) is 5.73 Å². The maximum absolute atomic E-state index is 13.7. The van der Waals surface area contributed by atoms with E-state index in [1.165, 1.54) is 6.07 Å². The first-order chi connectivity index (χ1) is 8.40. The maximum atomic E-state index is 13.7. The summed E-state index contributed by atoms with van der Waals surface area (Å²) >= 11 is 0. The molecule has 2 aromatic rings. The zero-order valence-corrected chi connectivity index (χ0v) is 9.40.